The van der Waals surface area contributed by atoms with Crippen molar-refractivity contribution in [2.24, 2.45) is 5.92 Å². The lowest BCUT2D eigenvalue weighted by Crippen LogP contribution is -2.31. The maximum Gasteiger partial charge on any atom is 0.222 e. The van der Waals surface area contributed by atoms with Crippen molar-refractivity contribution < 1.29 is 14.3 Å². The van der Waals surface area contributed by atoms with Crippen molar-refractivity contribution in [1.82, 2.24) is 4.90 Å². The number of carbonyl (C=O) groups is 1. The first kappa shape index (κ1) is 9.68. The lowest BCUT2D eigenvalue weighted by Gasteiger charge is -2.23. The topological polar surface area (TPSA) is 38.8 Å². The molecule has 0 saturated carbocycles. The van der Waals surface area contributed by atoms with Crippen molar-refractivity contribution in [3.8, 4) is 0 Å². The van der Waals surface area contributed by atoms with E-state index in [4.69, 9.17) is 9.47 Å². The Kier molecular flexibility index (Phi) is 2.56. The highest BCUT2D eigenvalue weighted by molar-refractivity contribution is 5.76. The van der Waals surface area contributed by atoms with Crippen LogP contribution in [-0.4, -0.2) is 43.9 Å². The molecule has 2 bridgehead atoms. The summed E-state index contributed by atoms with van der Waals surface area (Å²) >= 11 is 0. The number of rotatable bonds is 2. The van der Waals surface area contributed by atoms with Gasteiger partial charge in [-0.05, 0) is 6.08 Å². The predicted molar refractivity (Wildman–Crippen MR) is 50.6 cm³/mol. The molecule has 3 atom stereocenters. The lowest BCUT2D eigenvalue weighted by molar-refractivity contribution is -0.130. The summed E-state index contributed by atoms with van der Waals surface area (Å²) < 4.78 is 10.8. The second-order valence-corrected chi connectivity index (χ2v) is 3.92. The van der Waals surface area contributed by atoms with Gasteiger partial charge in [-0.15, -0.1) is 0 Å². The van der Waals surface area contributed by atoms with Gasteiger partial charge in [0.2, 0.25) is 5.91 Å². The molecule has 0 aromatic rings. The quantitative estimate of drug-likeness (QED) is 0.601. The van der Waals surface area contributed by atoms with Gasteiger partial charge in [0, 0.05) is 26.4 Å². The van der Waals surface area contributed by atoms with Gasteiger partial charge in [0.05, 0.1) is 12.7 Å². The van der Waals surface area contributed by atoms with E-state index in [1.54, 1.807) is 19.0 Å². The highest BCUT2D eigenvalue weighted by Crippen LogP contribution is 2.28. The number of ether oxygens (including phenoxy) is 2. The van der Waals surface area contributed by atoms with E-state index in [1.165, 1.54) is 0 Å². The molecule has 0 spiro atoms. The average Bonchev–Trinajstić information content (AvgIpc) is 2.53. The minimum absolute atomic E-state index is 0.0638. The Labute approximate surface area is 83.5 Å². The molecule has 4 nitrogen and oxygen atoms in total. The molecule has 0 radical (unpaired) electrons. The molecule has 0 aromatic carbocycles. The standard InChI is InChI=1S/C10H15NO3/c1-11(2)9(12)5-7-3-4-10-13-6-8(7)14-10/h3-4,7-8,10H,5-6H2,1-2H3/t7-,8-,10-/m1/s1. The third kappa shape index (κ3) is 1.81. The van der Waals surface area contributed by atoms with Crippen LogP contribution in [0, 0.1) is 5.92 Å². The van der Waals surface area contributed by atoms with Crippen molar-refractivity contribution in [3.05, 3.63) is 12.2 Å². The molecule has 0 aliphatic carbocycles. The van der Waals surface area contributed by atoms with E-state index in [1.807, 2.05) is 12.2 Å². The van der Waals surface area contributed by atoms with Crippen LogP contribution in [0.1, 0.15) is 6.42 Å². The third-order valence-corrected chi connectivity index (χ3v) is 2.64. The van der Waals surface area contributed by atoms with Gasteiger partial charge in [0.25, 0.3) is 0 Å². The number of hydrogen-bond donors (Lipinski definition) is 0. The summed E-state index contributed by atoms with van der Waals surface area (Å²) in [4.78, 5) is 13.1. The average molecular weight is 197 g/mol. The minimum atomic E-state index is -0.175. The SMILES string of the molecule is CN(C)C(=O)C[C@H]1C=C[C@@H]2OC[C@H]1O2. The van der Waals surface area contributed by atoms with Crippen LogP contribution in [0.3, 0.4) is 0 Å². The summed E-state index contributed by atoms with van der Waals surface area (Å²) in [7, 11) is 3.54. The van der Waals surface area contributed by atoms with E-state index in [0.29, 0.717) is 13.0 Å². The van der Waals surface area contributed by atoms with Gasteiger partial charge >= 0.3 is 0 Å². The highest BCUT2D eigenvalue weighted by atomic mass is 16.7. The van der Waals surface area contributed by atoms with E-state index in [9.17, 15) is 4.79 Å². The fourth-order valence-corrected chi connectivity index (χ4v) is 1.71. The van der Waals surface area contributed by atoms with Crippen LogP contribution in [0.15, 0.2) is 12.2 Å². The van der Waals surface area contributed by atoms with Crippen LogP contribution >= 0.6 is 0 Å². The van der Waals surface area contributed by atoms with E-state index >= 15 is 0 Å². The molecule has 0 unspecified atom stereocenters. The largest absolute Gasteiger partial charge is 0.349 e. The third-order valence-electron chi connectivity index (χ3n) is 2.64. The zero-order chi connectivity index (χ0) is 10.1. The van der Waals surface area contributed by atoms with Crippen LogP contribution in [-0.2, 0) is 14.3 Å². The molecule has 1 amide bonds. The Morgan fingerprint density at radius 3 is 3.00 bits per heavy atom. The first-order valence-electron chi connectivity index (χ1n) is 4.82. The summed E-state index contributed by atoms with van der Waals surface area (Å²) in [6.07, 6.45) is 4.31. The van der Waals surface area contributed by atoms with Crippen LogP contribution in [0.5, 0.6) is 0 Å². The number of amides is 1. The van der Waals surface area contributed by atoms with E-state index in [2.05, 4.69) is 0 Å². The van der Waals surface area contributed by atoms with E-state index < -0.39 is 0 Å². The monoisotopic (exact) mass is 197 g/mol. The number of fused-ring (bicyclic) bond motifs is 2. The molecular weight excluding hydrogens is 182 g/mol. The molecule has 2 heterocycles. The molecule has 4 heteroatoms. The van der Waals surface area contributed by atoms with Crippen molar-refractivity contribution in [1.29, 1.82) is 0 Å². The summed E-state index contributed by atoms with van der Waals surface area (Å²) in [5.74, 6) is 0.303. The van der Waals surface area contributed by atoms with E-state index in [-0.39, 0.29) is 24.2 Å². The molecule has 0 N–H and O–H groups in total. The lowest BCUT2D eigenvalue weighted by atomic mass is 9.97. The summed E-state index contributed by atoms with van der Waals surface area (Å²) in [5, 5.41) is 0. The molecule has 78 valence electrons. The Morgan fingerprint density at radius 2 is 2.29 bits per heavy atom. The van der Waals surface area contributed by atoms with Crippen LogP contribution in [0.4, 0.5) is 0 Å². The van der Waals surface area contributed by atoms with Crippen molar-refractivity contribution in [2.45, 2.75) is 18.8 Å². The molecule has 2 aliphatic heterocycles. The van der Waals surface area contributed by atoms with Crippen molar-refractivity contribution in [2.75, 3.05) is 20.7 Å². The van der Waals surface area contributed by atoms with Gasteiger partial charge in [-0.2, -0.15) is 0 Å². The summed E-state index contributed by atoms with van der Waals surface area (Å²) in [6, 6.07) is 0. The molecular formula is C10H15NO3. The molecule has 14 heavy (non-hydrogen) atoms. The molecule has 1 fully saturated rings. The highest BCUT2D eigenvalue weighted by Gasteiger charge is 2.35. The first-order valence-corrected chi connectivity index (χ1v) is 4.82. The van der Waals surface area contributed by atoms with Gasteiger partial charge in [-0.1, -0.05) is 6.08 Å². The second kappa shape index (κ2) is 3.71. The maximum absolute atomic E-state index is 11.5. The van der Waals surface area contributed by atoms with Gasteiger partial charge < -0.3 is 14.4 Å². The molecule has 1 saturated heterocycles. The van der Waals surface area contributed by atoms with Gasteiger partial charge in [-0.3, -0.25) is 4.79 Å². The summed E-state index contributed by atoms with van der Waals surface area (Å²) in [6.45, 7) is 0.600. The molecule has 2 aliphatic rings. The van der Waals surface area contributed by atoms with Crippen LogP contribution in [0.25, 0.3) is 0 Å². The Balaban J connectivity index is 1.95. The number of carbonyl (C=O) groups excluding carboxylic acids is 1. The predicted octanol–water partition coefficient (Wildman–Crippen LogP) is 0.392. The zero-order valence-electron chi connectivity index (χ0n) is 8.47. The van der Waals surface area contributed by atoms with Crippen LogP contribution < -0.4 is 0 Å². The van der Waals surface area contributed by atoms with Crippen molar-refractivity contribution in [3.63, 3.8) is 0 Å². The Hall–Kier alpha value is -0.870. The van der Waals surface area contributed by atoms with Crippen molar-refractivity contribution >= 4 is 5.91 Å². The zero-order valence-corrected chi connectivity index (χ0v) is 8.47. The molecule has 2 rings (SSSR count). The number of hydrogen-bond acceptors (Lipinski definition) is 3. The van der Waals surface area contributed by atoms with Crippen LogP contribution in [0.2, 0.25) is 0 Å². The Bertz CT molecular complexity index is 262. The van der Waals surface area contributed by atoms with Gasteiger partial charge in [0.15, 0.2) is 6.29 Å². The smallest absolute Gasteiger partial charge is 0.222 e. The molecule has 0 aromatic heterocycles. The normalized spacial score (nSPS) is 34.6. The Morgan fingerprint density at radius 1 is 1.50 bits per heavy atom. The summed E-state index contributed by atoms with van der Waals surface area (Å²) in [5.41, 5.74) is 0. The van der Waals surface area contributed by atoms with Gasteiger partial charge in [0.1, 0.15) is 0 Å². The van der Waals surface area contributed by atoms with E-state index in [0.717, 1.165) is 0 Å². The first-order chi connectivity index (χ1) is 6.66. The minimum Gasteiger partial charge on any atom is -0.349 e. The fourth-order valence-electron chi connectivity index (χ4n) is 1.71. The van der Waals surface area contributed by atoms with Gasteiger partial charge in [-0.25, -0.2) is 0 Å². The number of nitrogens with zero attached hydrogens (tertiary/aromatic N) is 1. The maximum atomic E-state index is 11.5. The second-order valence-electron chi connectivity index (χ2n) is 3.92. The fraction of sp³-hybridized carbons (Fsp3) is 0.700.